The minimum atomic E-state index is -0.104. The molecular weight excluding hydrogens is 272 g/mol. The van der Waals surface area contributed by atoms with Crippen LogP contribution in [-0.2, 0) is 5.41 Å². The summed E-state index contributed by atoms with van der Waals surface area (Å²) in [5.41, 5.74) is 0.761. The predicted molar refractivity (Wildman–Crippen MR) is 80.3 cm³/mol. The van der Waals surface area contributed by atoms with Gasteiger partial charge in [0.1, 0.15) is 22.9 Å². The van der Waals surface area contributed by atoms with E-state index in [1.807, 2.05) is 19.9 Å². The van der Waals surface area contributed by atoms with Crippen molar-refractivity contribution in [2.75, 3.05) is 11.9 Å². The van der Waals surface area contributed by atoms with Crippen molar-refractivity contribution >= 4 is 17.6 Å². The molecule has 2 aromatic rings. The molecule has 0 aliphatic rings. The van der Waals surface area contributed by atoms with Crippen molar-refractivity contribution in [2.45, 2.75) is 50.3 Å². The largest absolute Gasteiger partial charge is 0.439 e. The Hall–Kier alpha value is -1.56. The quantitative estimate of drug-likeness (QED) is 0.868. The molecule has 5 nitrogen and oxygen atoms in total. The molecule has 0 fully saturated rings. The molecule has 0 radical (unpaired) electrons. The molecule has 6 heteroatoms. The van der Waals surface area contributed by atoms with Gasteiger partial charge in [-0.2, -0.15) is 0 Å². The minimum absolute atomic E-state index is 0.104. The Bertz CT molecular complexity index is 589. The zero-order chi connectivity index (χ0) is 14.8. The second-order valence-electron chi connectivity index (χ2n) is 5.55. The summed E-state index contributed by atoms with van der Waals surface area (Å²) in [5.74, 6) is 1.64. The average Bonchev–Trinajstić information content (AvgIpc) is 2.74. The molecule has 0 unspecified atom stereocenters. The lowest BCUT2D eigenvalue weighted by molar-refractivity contribution is 0.453. The standard InChI is InChI=1S/C14H20N4OS/c1-6-15-10-7-11(18-12(17-10)14(3,4)5)20-13-16-9(2)8-19-13/h7-8H,6H2,1-5H3,(H,15,17,18). The topological polar surface area (TPSA) is 63.8 Å². The van der Waals surface area contributed by atoms with Gasteiger partial charge in [-0.25, -0.2) is 15.0 Å². The van der Waals surface area contributed by atoms with Crippen LogP contribution in [-0.4, -0.2) is 21.5 Å². The molecule has 2 rings (SSSR count). The number of hydrogen-bond donors (Lipinski definition) is 1. The molecule has 0 saturated heterocycles. The lowest BCUT2D eigenvalue weighted by Crippen LogP contribution is -2.17. The first-order valence-corrected chi connectivity index (χ1v) is 7.43. The van der Waals surface area contributed by atoms with Crippen molar-refractivity contribution in [2.24, 2.45) is 0 Å². The summed E-state index contributed by atoms with van der Waals surface area (Å²) in [7, 11) is 0. The number of oxazole rings is 1. The van der Waals surface area contributed by atoms with Crippen molar-refractivity contribution in [1.29, 1.82) is 0 Å². The highest BCUT2D eigenvalue weighted by molar-refractivity contribution is 7.99. The molecule has 20 heavy (non-hydrogen) atoms. The van der Waals surface area contributed by atoms with Gasteiger partial charge in [-0.05, 0) is 25.6 Å². The lowest BCUT2D eigenvalue weighted by atomic mass is 9.96. The molecule has 0 bridgehead atoms. The monoisotopic (exact) mass is 292 g/mol. The molecule has 0 aliphatic carbocycles. The van der Waals surface area contributed by atoms with Crippen LogP contribution >= 0.6 is 11.8 Å². The molecule has 108 valence electrons. The Morgan fingerprint density at radius 2 is 2.00 bits per heavy atom. The van der Waals surface area contributed by atoms with Crippen molar-refractivity contribution in [3.63, 3.8) is 0 Å². The highest BCUT2D eigenvalue weighted by Crippen LogP contribution is 2.29. The summed E-state index contributed by atoms with van der Waals surface area (Å²) in [5, 5.41) is 4.67. The first kappa shape index (κ1) is 14.8. The van der Waals surface area contributed by atoms with E-state index in [1.165, 1.54) is 11.8 Å². The second kappa shape index (κ2) is 5.83. The molecule has 0 spiro atoms. The van der Waals surface area contributed by atoms with Gasteiger partial charge in [-0.3, -0.25) is 0 Å². The highest BCUT2D eigenvalue weighted by atomic mass is 32.2. The number of anilines is 1. The third-order valence-corrected chi connectivity index (χ3v) is 3.30. The van der Waals surface area contributed by atoms with E-state index in [4.69, 9.17) is 4.42 Å². The molecule has 2 heterocycles. The third-order valence-electron chi connectivity index (χ3n) is 2.52. The zero-order valence-corrected chi connectivity index (χ0v) is 13.3. The van der Waals surface area contributed by atoms with Crippen LogP contribution in [0.25, 0.3) is 0 Å². The first-order chi connectivity index (χ1) is 9.38. The summed E-state index contributed by atoms with van der Waals surface area (Å²) in [6.45, 7) is 11.1. The summed E-state index contributed by atoms with van der Waals surface area (Å²) in [6.07, 6.45) is 1.64. The smallest absolute Gasteiger partial charge is 0.262 e. The van der Waals surface area contributed by atoms with Gasteiger partial charge < -0.3 is 9.73 Å². The predicted octanol–water partition coefficient (Wildman–Crippen LogP) is 3.65. The number of rotatable bonds is 4. The van der Waals surface area contributed by atoms with Crippen LogP contribution in [0, 0.1) is 6.92 Å². The van der Waals surface area contributed by atoms with E-state index in [0.29, 0.717) is 5.22 Å². The van der Waals surface area contributed by atoms with Gasteiger partial charge in [0.15, 0.2) is 0 Å². The summed E-state index contributed by atoms with van der Waals surface area (Å²) < 4.78 is 5.36. The first-order valence-electron chi connectivity index (χ1n) is 6.62. The van der Waals surface area contributed by atoms with Crippen LogP contribution in [0.5, 0.6) is 0 Å². The van der Waals surface area contributed by atoms with Crippen molar-refractivity contribution in [3.05, 3.63) is 23.8 Å². The van der Waals surface area contributed by atoms with E-state index in [1.54, 1.807) is 6.26 Å². The van der Waals surface area contributed by atoms with Gasteiger partial charge in [0.2, 0.25) is 0 Å². The molecule has 0 amide bonds. The van der Waals surface area contributed by atoms with E-state index in [0.717, 1.165) is 28.9 Å². The summed E-state index contributed by atoms with van der Waals surface area (Å²) in [6, 6.07) is 1.92. The molecule has 1 N–H and O–H groups in total. The zero-order valence-electron chi connectivity index (χ0n) is 12.5. The van der Waals surface area contributed by atoms with Crippen LogP contribution < -0.4 is 5.32 Å². The Kier molecular flexibility index (Phi) is 4.32. The SMILES string of the molecule is CCNc1cc(Sc2nc(C)co2)nc(C(C)(C)C)n1. The lowest BCUT2D eigenvalue weighted by Gasteiger charge is -2.18. The van der Waals surface area contributed by atoms with Gasteiger partial charge >= 0.3 is 0 Å². The highest BCUT2D eigenvalue weighted by Gasteiger charge is 2.20. The molecule has 2 aromatic heterocycles. The Balaban J connectivity index is 2.33. The van der Waals surface area contributed by atoms with E-state index >= 15 is 0 Å². The maximum Gasteiger partial charge on any atom is 0.262 e. The molecule has 0 aromatic carbocycles. The van der Waals surface area contributed by atoms with E-state index < -0.39 is 0 Å². The van der Waals surface area contributed by atoms with Gasteiger partial charge in [0.05, 0.1) is 5.69 Å². The molecule has 0 saturated carbocycles. The van der Waals surface area contributed by atoms with Crippen molar-refractivity contribution < 1.29 is 4.42 Å². The van der Waals surface area contributed by atoms with Crippen molar-refractivity contribution in [1.82, 2.24) is 15.0 Å². The Labute approximate surface area is 123 Å². The number of nitrogens with one attached hydrogen (secondary N) is 1. The van der Waals surface area contributed by atoms with Gasteiger partial charge in [0.25, 0.3) is 5.22 Å². The van der Waals surface area contributed by atoms with Gasteiger partial charge in [-0.1, -0.05) is 20.8 Å². The molecular formula is C14H20N4OS. The summed E-state index contributed by atoms with van der Waals surface area (Å²) >= 11 is 1.41. The number of aromatic nitrogens is 3. The Morgan fingerprint density at radius 3 is 2.55 bits per heavy atom. The van der Waals surface area contributed by atoms with Crippen LogP contribution in [0.15, 0.2) is 27.0 Å². The second-order valence-corrected chi connectivity index (χ2v) is 6.52. The van der Waals surface area contributed by atoms with Crippen LogP contribution in [0.4, 0.5) is 5.82 Å². The fourth-order valence-electron chi connectivity index (χ4n) is 1.55. The fourth-order valence-corrected chi connectivity index (χ4v) is 2.32. The van der Waals surface area contributed by atoms with E-state index in [2.05, 4.69) is 41.0 Å². The van der Waals surface area contributed by atoms with Crippen molar-refractivity contribution in [3.8, 4) is 0 Å². The maximum absolute atomic E-state index is 5.36. The normalized spacial score (nSPS) is 11.7. The Morgan fingerprint density at radius 1 is 1.25 bits per heavy atom. The van der Waals surface area contributed by atoms with Crippen LogP contribution in [0.2, 0.25) is 0 Å². The van der Waals surface area contributed by atoms with Gasteiger partial charge in [0, 0.05) is 18.0 Å². The van der Waals surface area contributed by atoms with Gasteiger partial charge in [-0.15, -0.1) is 0 Å². The number of aryl methyl sites for hydroxylation is 1. The maximum atomic E-state index is 5.36. The number of hydrogen-bond acceptors (Lipinski definition) is 6. The van der Waals surface area contributed by atoms with Crippen LogP contribution in [0.3, 0.4) is 0 Å². The molecule has 0 aliphatic heterocycles. The van der Waals surface area contributed by atoms with Crippen LogP contribution in [0.1, 0.15) is 39.2 Å². The minimum Gasteiger partial charge on any atom is -0.439 e. The van der Waals surface area contributed by atoms with E-state index in [-0.39, 0.29) is 5.41 Å². The van der Waals surface area contributed by atoms with E-state index in [9.17, 15) is 0 Å². The third kappa shape index (κ3) is 3.72. The number of nitrogens with zero attached hydrogens (tertiary/aromatic N) is 3. The molecule has 0 atom stereocenters. The summed E-state index contributed by atoms with van der Waals surface area (Å²) in [4.78, 5) is 13.4. The fraction of sp³-hybridized carbons (Fsp3) is 0.500. The average molecular weight is 292 g/mol.